The van der Waals surface area contributed by atoms with E-state index in [0.29, 0.717) is 13.1 Å². The third kappa shape index (κ3) is 28.1. The third-order valence-corrected chi connectivity index (χ3v) is 8.83. The Kier molecular flexibility index (Phi) is 113. The molecule has 0 amide bonds. The fraction of sp³-hybridized carbons (Fsp3) is 0.407. The van der Waals surface area contributed by atoms with Gasteiger partial charge in [0.2, 0.25) is 0 Å². The first-order valence-corrected chi connectivity index (χ1v) is 18.3. The van der Waals surface area contributed by atoms with Crippen LogP contribution < -0.4 is 0 Å². The second kappa shape index (κ2) is 64.3. The summed E-state index contributed by atoms with van der Waals surface area (Å²) in [5.41, 5.74) is 20.5. The van der Waals surface area contributed by atoms with Gasteiger partial charge in [0.25, 0.3) is 0 Å². The van der Waals surface area contributed by atoms with Gasteiger partial charge in [0.05, 0.1) is 0 Å². The van der Waals surface area contributed by atoms with Gasteiger partial charge >= 0.3 is 0 Å². The summed E-state index contributed by atoms with van der Waals surface area (Å²) >= 11 is 0. The van der Waals surface area contributed by atoms with Gasteiger partial charge in [-0.2, -0.15) is 0 Å². The van der Waals surface area contributed by atoms with E-state index in [0.717, 1.165) is 24.0 Å². The van der Waals surface area contributed by atoms with Crippen molar-refractivity contribution >= 4 is 64.6 Å². The van der Waals surface area contributed by atoms with Crippen LogP contribution in [-0.2, 0) is 353 Å². The molecule has 0 atom stereocenters. The fourth-order valence-electron chi connectivity index (χ4n) is 6.77. The maximum atomic E-state index is 7.71. The molecule has 0 heterocycles. The summed E-state index contributed by atoms with van der Waals surface area (Å²) in [5.74, 6) is 0. The van der Waals surface area contributed by atoms with Crippen molar-refractivity contribution in [1.29, 1.82) is 0 Å². The van der Waals surface area contributed by atoms with Crippen molar-refractivity contribution in [3.63, 3.8) is 0 Å². The average molecular weight is 1650 g/mol. The third-order valence-electron chi connectivity index (χ3n) is 8.83. The molecular weight excluding hydrogens is 1570 g/mol. The quantitative estimate of drug-likeness (QED) is 0.158. The van der Waals surface area contributed by atoms with Crippen LogP contribution in [0.15, 0.2) is 97.1 Å². The van der Waals surface area contributed by atoms with E-state index in [-0.39, 0.29) is 387 Å². The van der Waals surface area contributed by atoms with Crippen LogP contribution in [0.4, 0.5) is 0 Å². The molecule has 0 unspecified atom stereocenters. The molecule has 2 N–H and O–H groups in total. The Morgan fingerprint density at radius 1 is 0.258 bits per heavy atom. The van der Waals surface area contributed by atoms with E-state index in [1.807, 2.05) is 55.4 Å². The molecule has 0 saturated carbocycles. The van der Waals surface area contributed by atoms with E-state index in [9.17, 15) is 0 Å². The zero-order valence-electron chi connectivity index (χ0n) is 36.8. The van der Waals surface area contributed by atoms with Crippen LogP contribution in [0.3, 0.4) is 0 Å². The molecule has 0 aliphatic heterocycles. The molecule has 346 valence electrons. The van der Waals surface area contributed by atoms with E-state index in [4.69, 9.17) is 11.5 Å². The topological polar surface area (TPSA) is 47.6 Å². The Labute approximate surface area is 662 Å². The van der Waals surface area contributed by atoms with Crippen molar-refractivity contribution in [3.8, 4) is 0 Å². The largest absolute Gasteiger partial charge is 0.674 e. The van der Waals surface area contributed by atoms with Crippen LogP contribution in [0.5, 0.6) is 0 Å². The van der Waals surface area contributed by atoms with Gasteiger partial charge in [-0.05, 0) is 88.6 Å². The molecule has 8 rings (SSSR count). The molecule has 66 heavy (non-hydrogen) atoms. The van der Waals surface area contributed by atoms with E-state index < -0.39 is 0 Å². The Hall–Kier alpha value is 6.80. The van der Waals surface area contributed by atoms with Crippen molar-refractivity contribution in [2.75, 3.05) is 0 Å². The summed E-state index contributed by atoms with van der Waals surface area (Å²) < 4.78 is 0. The molecule has 8 aromatic carbocycles. The maximum Gasteiger partial charge on any atom is 0 e. The number of nitrogens with one attached hydrogen (secondary N) is 2. The van der Waals surface area contributed by atoms with E-state index in [1.54, 1.807) is 0 Å². The summed E-state index contributed by atoms with van der Waals surface area (Å²) in [4.78, 5) is 0. The van der Waals surface area contributed by atoms with Crippen LogP contribution in [0.2, 0.25) is 0 Å². The van der Waals surface area contributed by atoms with Gasteiger partial charge in [-0.25, -0.2) is 0 Å². The van der Waals surface area contributed by atoms with Crippen molar-refractivity contribution < 1.29 is 327 Å². The summed E-state index contributed by atoms with van der Waals surface area (Å²) in [6.07, 6.45) is 2.18. The molecule has 12 heteroatoms. The number of hydrogen-bond donors (Lipinski definition) is 0. The second-order valence-electron chi connectivity index (χ2n) is 10.8. The number of hydrogen-bond acceptors (Lipinski definition) is 0. The molecule has 8 aromatic rings. The first-order valence-electron chi connectivity index (χ1n) is 18.3. The van der Waals surface area contributed by atoms with Crippen LogP contribution in [0.1, 0.15) is 151 Å². The first-order chi connectivity index (χ1) is 23.7. The molecule has 0 aliphatic carbocycles. The van der Waals surface area contributed by atoms with Crippen molar-refractivity contribution in [1.82, 2.24) is 0 Å². The zero-order chi connectivity index (χ0) is 35.4. The van der Waals surface area contributed by atoms with Crippen molar-refractivity contribution in [2.24, 2.45) is 0 Å². The van der Waals surface area contributed by atoms with Crippen LogP contribution in [-0.4, -0.2) is 0 Å². The van der Waals surface area contributed by atoms with Gasteiger partial charge in [-0.15, -0.1) is 13.1 Å². The first kappa shape index (κ1) is 116. The summed E-state index contributed by atoms with van der Waals surface area (Å²) in [5, 5.41) is 15.8. The minimum absolute atomic E-state index is 0. The fourth-order valence-corrected chi connectivity index (χ4v) is 6.77. The number of benzene rings is 8. The van der Waals surface area contributed by atoms with Gasteiger partial charge in [0.15, 0.2) is 0 Å². The molecule has 0 fully saturated rings. The molecule has 0 aromatic heterocycles. The Bertz CT molecular complexity index is 1880. The number of aryl methyl sites for hydroxylation is 2. The maximum absolute atomic E-state index is 7.71. The Morgan fingerprint density at radius 3 is 0.576 bits per heavy atom. The van der Waals surface area contributed by atoms with Crippen molar-refractivity contribution in [2.45, 2.75) is 155 Å². The summed E-state index contributed by atoms with van der Waals surface area (Å²) in [6.45, 7) is 21.1. The van der Waals surface area contributed by atoms with Crippen LogP contribution in [0.25, 0.3) is 76.1 Å². The Morgan fingerprint density at radius 2 is 0.409 bits per heavy atom. The molecule has 0 spiro atoms. The van der Waals surface area contributed by atoms with E-state index >= 15 is 0 Å². The predicted octanol–water partition coefficient (Wildman–Crippen LogP) is 20.6. The Balaban J connectivity index is -0.0000000379. The van der Waals surface area contributed by atoms with Crippen molar-refractivity contribution in [3.05, 3.63) is 131 Å². The zero-order valence-corrected chi connectivity index (χ0v) is 65.2. The second-order valence-corrected chi connectivity index (χ2v) is 10.8. The monoisotopic (exact) mass is 1650 g/mol. The minimum atomic E-state index is 0. The van der Waals surface area contributed by atoms with Gasteiger partial charge < -0.3 is 11.5 Å². The molecular formula is C54H88N2Y10-2. The van der Waals surface area contributed by atoms with E-state index in [2.05, 4.69) is 111 Å². The molecule has 0 saturated heterocycles. The average Bonchev–Trinajstić information content (AvgIpc) is 3.19. The molecule has 0 aliphatic rings. The SMILES string of the molecule is C.C.C.C.C.C.C.C.CC.CC.CC.CC.CCc1ccc2ccc3c(CC)ccc4ccc1c2c43.[NH-]Cc1ccc2ccc3c(C[NH-])ccc4ccc1c2c43.[Y].[Y].[Y].[Y].[Y].[Y].[Y].[Y].[Y].[Y]. The van der Waals surface area contributed by atoms with Gasteiger partial charge in [-0.1, -0.05) is 237 Å². The normalized spacial score (nSPS) is 7.58. The van der Waals surface area contributed by atoms with Gasteiger partial charge in [0, 0.05) is 327 Å². The predicted molar refractivity (Wildman–Crippen MR) is 274 cm³/mol. The summed E-state index contributed by atoms with van der Waals surface area (Å²) in [6, 6.07) is 35.1. The van der Waals surface area contributed by atoms with E-state index in [1.165, 1.54) is 75.8 Å². The smallest absolute Gasteiger partial charge is 0 e. The van der Waals surface area contributed by atoms with Gasteiger partial charge in [-0.3, -0.25) is 0 Å². The molecule has 2 nitrogen and oxygen atoms in total. The minimum Gasteiger partial charge on any atom is -0.674 e. The van der Waals surface area contributed by atoms with Gasteiger partial charge in [0.1, 0.15) is 0 Å². The van der Waals surface area contributed by atoms with Crippen LogP contribution in [0, 0.1) is 0 Å². The number of rotatable bonds is 4. The van der Waals surface area contributed by atoms with Crippen LogP contribution >= 0.6 is 0 Å². The molecule has 0 bridgehead atoms. The standard InChI is InChI=1S/C20H18.C18H14N2.4C2H6.8CH4.10Y/c1-3-13-5-7-15-10-12-18-14(4-2)6-8-16-9-11-17(13)19(15)20(16)18;19-9-13-3-1-11-5-7-16-14(10-20)4-2-12-6-8-15(13)17(11)18(12)16;4*1-2;;;;;;;;;;;;;;;;;;/h5-12H,3-4H2,1-2H3;1-8,19-20H,9-10H2;4*1-2H3;8*1H4;;;;;;;;;;/q;-2;;;;;;;;;;;;;;;;;;;;;;. The molecule has 10 radical (unpaired) electrons. The summed E-state index contributed by atoms with van der Waals surface area (Å²) in [7, 11) is 0.